The monoisotopic (exact) mass is 221 g/mol. The van der Waals surface area contributed by atoms with Crippen LogP contribution in [0.25, 0.3) is 5.57 Å². The Morgan fingerprint density at radius 1 is 1.19 bits per heavy atom. The molecule has 1 aromatic rings. The summed E-state index contributed by atoms with van der Waals surface area (Å²) < 4.78 is 25.9. The van der Waals surface area contributed by atoms with Gasteiger partial charge in [0, 0.05) is 12.6 Å². The molecule has 1 rings (SSSR count). The zero-order valence-electron chi connectivity index (χ0n) is 8.79. The van der Waals surface area contributed by atoms with Crippen LogP contribution in [-0.4, -0.2) is 6.54 Å². The molecular weight excluding hydrogens is 208 g/mol. The van der Waals surface area contributed by atoms with Gasteiger partial charge in [-0.25, -0.2) is 8.78 Å². The lowest BCUT2D eigenvalue weighted by atomic mass is 10.1. The standard InChI is InChI=1S/C13H13F2N/c1-10(11-5-3-2-4-6-11)7-12(14)8-13(15)9-16/h2-8H,1,9,16H2/b12-7+,13-8+. The van der Waals surface area contributed by atoms with Crippen molar-refractivity contribution in [2.24, 2.45) is 5.73 Å². The van der Waals surface area contributed by atoms with Crippen molar-refractivity contribution in [3.63, 3.8) is 0 Å². The predicted molar refractivity (Wildman–Crippen MR) is 62.9 cm³/mol. The van der Waals surface area contributed by atoms with Crippen LogP contribution in [0.4, 0.5) is 8.78 Å². The zero-order chi connectivity index (χ0) is 12.0. The molecule has 1 aromatic carbocycles. The Labute approximate surface area is 93.6 Å². The topological polar surface area (TPSA) is 26.0 Å². The summed E-state index contributed by atoms with van der Waals surface area (Å²) in [5, 5.41) is 0. The second-order valence-corrected chi connectivity index (χ2v) is 3.22. The van der Waals surface area contributed by atoms with Crippen LogP contribution in [0.1, 0.15) is 5.56 Å². The van der Waals surface area contributed by atoms with E-state index in [1.54, 1.807) is 12.1 Å². The fourth-order valence-electron chi connectivity index (χ4n) is 1.15. The van der Waals surface area contributed by atoms with Crippen LogP contribution < -0.4 is 5.73 Å². The van der Waals surface area contributed by atoms with E-state index >= 15 is 0 Å². The SMILES string of the molecule is C=C(/C=C(F)\C=C(\F)CN)c1ccccc1. The van der Waals surface area contributed by atoms with Gasteiger partial charge in [-0.1, -0.05) is 36.9 Å². The van der Waals surface area contributed by atoms with E-state index in [0.717, 1.165) is 11.6 Å². The molecule has 16 heavy (non-hydrogen) atoms. The summed E-state index contributed by atoms with van der Waals surface area (Å²) >= 11 is 0. The van der Waals surface area contributed by atoms with Gasteiger partial charge in [0.15, 0.2) is 0 Å². The molecule has 0 aliphatic carbocycles. The quantitative estimate of drug-likeness (QED) is 0.775. The third-order valence-corrected chi connectivity index (χ3v) is 1.95. The summed E-state index contributed by atoms with van der Waals surface area (Å²) in [5.74, 6) is -1.40. The predicted octanol–water partition coefficient (Wildman–Crippen LogP) is 3.37. The van der Waals surface area contributed by atoms with Gasteiger partial charge in [0.25, 0.3) is 0 Å². The van der Waals surface area contributed by atoms with Crippen molar-refractivity contribution >= 4 is 5.57 Å². The molecule has 0 spiro atoms. The molecule has 2 N–H and O–H groups in total. The van der Waals surface area contributed by atoms with E-state index in [1.807, 2.05) is 18.2 Å². The smallest absolute Gasteiger partial charge is 0.126 e. The molecule has 0 fully saturated rings. The van der Waals surface area contributed by atoms with Gasteiger partial charge in [-0.3, -0.25) is 0 Å². The molecule has 3 heteroatoms. The van der Waals surface area contributed by atoms with Gasteiger partial charge in [-0.2, -0.15) is 0 Å². The van der Waals surface area contributed by atoms with E-state index in [4.69, 9.17) is 5.73 Å². The van der Waals surface area contributed by atoms with Crippen molar-refractivity contribution in [3.8, 4) is 0 Å². The molecule has 0 aromatic heterocycles. The second-order valence-electron chi connectivity index (χ2n) is 3.22. The van der Waals surface area contributed by atoms with Crippen LogP contribution in [-0.2, 0) is 0 Å². The van der Waals surface area contributed by atoms with E-state index < -0.39 is 11.7 Å². The number of rotatable bonds is 4. The Hall–Kier alpha value is -1.74. The molecule has 0 saturated carbocycles. The summed E-state index contributed by atoms with van der Waals surface area (Å²) in [6.45, 7) is 3.39. The zero-order valence-corrected chi connectivity index (χ0v) is 8.79. The van der Waals surface area contributed by atoms with Gasteiger partial charge in [0.2, 0.25) is 0 Å². The van der Waals surface area contributed by atoms with Gasteiger partial charge in [0.05, 0.1) is 0 Å². The minimum absolute atomic E-state index is 0.306. The maximum absolute atomic E-state index is 13.2. The van der Waals surface area contributed by atoms with E-state index in [2.05, 4.69) is 6.58 Å². The lowest BCUT2D eigenvalue weighted by molar-refractivity contribution is 0.599. The van der Waals surface area contributed by atoms with Crippen molar-refractivity contribution in [1.82, 2.24) is 0 Å². The molecule has 0 bridgehead atoms. The van der Waals surface area contributed by atoms with Crippen LogP contribution >= 0.6 is 0 Å². The van der Waals surface area contributed by atoms with Crippen LogP contribution in [0, 0.1) is 0 Å². The lowest BCUT2D eigenvalue weighted by Gasteiger charge is -1.99. The Balaban J connectivity index is 2.82. The van der Waals surface area contributed by atoms with Gasteiger partial charge in [0.1, 0.15) is 11.7 Å². The highest BCUT2D eigenvalue weighted by molar-refractivity contribution is 5.72. The molecule has 84 valence electrons. The number of allylic oxidation sites excluding steroid dienone is 4. The Morgan fingerprint density at radius 2 is 1.81 bits per heavy atom. The minimum Gasteiger partial charge on any atom is -0.325 e. The second kappa shape index (κ2) is 5.98. The Bertz CT molecular complexity index is 419. The van der Waals surface area contributed by atoms with Gasteiger partial charge in [-0.15, -0.1) is 0 Å². The third-order valence-electron chi connectivity index (χ3n) is 1.95. The van der Waals surface area contributed by atoms with Crippen LogP contribution in [0.5, 0.6) is 0 Å². The highest BCUT2D eigenvalue weighted by atomic mass is 19.1. The summed E-state index contributed by atoms with van der Waals surface area (Å²) in [7, 11) is 0. The Kier molecular flexibility index (Phi) is 4.61. The first-order chi connectivity index (χ1) is 7.63. The average Bonchev–Trinajstić information content (AvgIpc) is 2.29. The molecule has 0 saturated heterocycles. The maximum atomic E-state index is 13.2. The van der Waals surface area contributed by atoms with E-state index in [0.29, 0.717) is 5.57 Å². The first-order valence-corrected chi connectivity index (χ1v) is 4.81. The minimum atomic E-state index is -0.699. The number of hydrogen-bond acceptors (Lipinski definition) is 1. The van der Waals surface area contributed by atoms with Crippen LogP contribution in [0.2, 0.25) is 0 Å². The number of nitrogens with two attached hydrogens (primary N) is 1. The highest BCUT2D eigenvalue weighted by Crippen LogP contribution is 2.16. The van der Waals surface area contributed by atoms with Gasteiger partial charge < -0.3 is 5.73 Å². The molecule has 1 nitrogen and oxygen atoms in total. The molecule has 0 radical (unpaired) electrons. The van der Waals surface area contributed by atoms with Gasteiger partial charge in [-0.05, 0) is 17.2 Å². The largest absolute Gasteiger partial charge is 0.325 e. The van der Waals surface area contributed by atoms with E-state index in [-0.39, 0.29) is 6.54 Å². The molecule has 0 aliphatic rings. The van der Waals surface area contributed by atoms with Crippen molar-refractivity contribution in [2.75, 3.05) is 6.54 Å². The maximum Gasteiger partial charge on any atom is 0.126 e. The van der Waals surface area contributed by atoms with E-state index in [9.17, 15) is 8.78 Å². The summed E-state index contributed by atoms with van der Waals surface area (Å²) in [5.41, 5.74) is 6.28. The normalized spacial score (nSPS) is 12.7. The van der Waals surface area contributed by atoms with Crippen LogP contribution in [0.15, 0.2) is 60.7 Å². The Morgan fingerprint density at radius 3 is 2.38 bits per heavy atom. The van der Waals surface area contributed by atoms with Crippen molar-refractivity contribution in [1.29, 1.82) is 0 Å². The summed E-state index contributed by atoms with van der Waals surface area (Å²) in [4.78, 5) is 0. The van der Waals surface area contributed by atoms with Crippen molar-refractivity contribution in [3.05, 3.63) is 66.3 Å². The average molecular weight is 221 g/mol. The molecule has 0 aliphatic heterocycles. The van der Waals surface area contributed by atoms with Crippen molar-refractivity contribution in [2.45, 2.75) is 0 Å². The molecule has 0 atom stereocenters. The number of halogens is 2. The molecule has 0 unspecified atom stereocenters. The van der Waals surface area contributed by atoms with Crippen LogP contribution in [0.3, 0.4) is 0 Å². The summed E-state index contributed by atoms with van der Waals surface area (Å²) in [6.07, 6.45) is 1.93. The lowest BCUT2D eigenvalue weighted by Crippen LogP contribution is -1.98. The van der Waals surface area contributed by atoms with Crippen molar-refractivity contribution < 1.29 is 8.78 Å². The first-order valence-electron chi connectivity index (χ1n) is 4.81. The number of benzene rings is 1. The molecule has 0 heterocycles. The fraction of sp³-hybridized carbons (Fsp3) is 0.0769. The van der Waals surface area contributed by atoms with Gasteiger partial charge >= 0.3 is 0 Å². The molecular formula is C13H13F2N. The molecule has 0 amide bonds. The summed E-state index contributed by atoms with van der Waals surface area (Å²) in [6, 6.07) is 9.10. The fourth-order valence-corrected chi connectivity index (χ4v) is 1.15. The van der Waals surface area contributed by atoms with E-state index in [1.165, 1.54) is 6.08 Å². The first kappa shape index (κ1) is 12.3. The third kappa shape index (κ3) is 3.79. The highest BCUT2D eigenvalue weighted by Gasteiger charge is 1.98. The number of hydrogen-bond donors (Lipinski definition) is 1.